The monoisotopic (exact) mass is 364 g/mol. The van der Waals surface area contributed by atoms with E-state index in [1.54, 1.807) is 36.9 Å². The molecular formula is C17H20N2O3S2. The number of benzene rings is 2. The van der Waals surface area contributed by atoms with E-state index in [9.17, 15) is 13.2 Å². The van der Waals surface area contributed by atoms with Crippen LogP contribution in [0.5, 0.6) is 0 Å². The Morgan fingerprint density at radius 2 is 1.88 bits per heavy atom. The van der Waals surface area contributed by atoms with Crippen LogP contribution in [0.3, 0.4) is 0 Å². The fourth-order valence-corrected chi connectivity index (χ4v) is 3.19. The van der Waals surface area contributed by atoms with Gasteiger partial charge in [-0.1, -0.05) is 12.1 Å². The van der Waals surface area contributed by atoms with Crippen LogP contribution in [0.4, 0.5) is 11.4 Å². The largest absolute Gasteiger partial charge is 0.322 e. The minimum Gasteiger partial charge on any atom is -0.322 e. The van der Waals surface area contributed by atoms with Gasteiger partial charge < -0.3 is 5.32 Å². The van der Waals surface area contributed by atoms with Crippen molar-refractivity contribution in [3.8, 4) is 0 Å². The van der Waals surface area contributed by atoms with E-state index < -0.39 is 10.0 Å². The number of thioether (sulfide) groups is 1. The number of amides is 1. The van der Waals surface area contributed by atoms with Crippen LogP contribution in [0.25, 0.3) is 0 Å². The van der Waals surface area contributed by atoms with Crippen molar-refractivity contribution in [2.75, 3.05) is 29.2 Å². The molecule has 0 aliphatic rings. The molecule has 0 aliphatic heterocycles. The number of carbonyl (C=O) groups excluding carboxylic acids is 1. The number of sulfonamides is 1. The number of carbonyl (C=O) groups is 1. The molecule has 128 valence electrons. The molecule has 2 rings (SSSR count). The van der Waals surface area contributed by atoms with E-state index in [0.29, 0.717) is 16.9 Å². The van der Waals surface area contributed by atoms with Crippen molar-refractivity contribution in [2.24, 2.45) is 0 Å². The van der Waals surface area contributed by atoms with Gasteiger partial charge in [0.15, 0.2) is 0 Å². The molecule has 0 bridgehead atoms. The summed E-state index contributed by atoms with van der Waals surface area (Å²) in [7, 11) is -1.92. The number of aryl methyl sites for hydroxylation is 1. The maximum atomic E-state index is 12.5. The van der Waals surface area contributed by atoms with Gasteiger partial charge in [0.2, 0.25) is 10.0 Å². The Bertz CT molecular complexity index is 864. The van der Waals surface area contributed by atoms with Gasteiger partial charge in [0.05, 0.1) is 11.9 Å². The molecule has 0 atom stereocenters. The maximum Gasteiger partial charge on any atom is 0.255 e. The van der Waals surface area contributed by atoms with Crippen molar-refractivity contribution in [1.29, 1.82) is 0 Å². The molecule has 0 saturated carbocycles. The molecule has 2 aromatic rings. The lowest BCUT2D eigenvalue weighted by molar-refractivity contribution is 0.102. The molecule has 5 nitrogen and oxygen atoms in total. The number of nitrogens with one attached hydrogen (secondary N) is 1. The predicted octanol–water partition coefficient (Wildman–Crippen LogP) is 3.37. The summed E-state index contributed by atoms with van der Waals surface area (Å²) in [4.78, 5) is 13.5. The Kier molecular flexibility index (Phi) is 5.56. The Morgan fingerprint density at radius 1 is 1.17 bits per heavy atom. The van der Waals surface area contributed by atoms with Crippen LogP contribution in [0.15, 0.2) is 47.4 Å². The van der Waals surface area contributed by atoms with E-state index >= 15 is 0 Å². The highest BCUT2D eigenvalue weighted by atomic mass is 32.2. The van der Waals surface area contributed by atoms with Gasteiger partial charge in [0.1, 0.15) is 0 Å². The summed E-state index contributed by atoms with van der Waals surface area (Å²) in [5.74, 6) is -0.281. The Labute approximate surface area is 147 Å². The quantitative estimate of drug-likeness (QED) is 0.826. The molecule has 0 aliphatic carbocycles. The second-order valence-electron chi connectivity index (χ2n) is 5.42. The fourth-order valence-electron chi connectivity index (χ4n) is 2.17. The van der Waals surface area contributed by atoms with Gasteiger partial charge in [0, 0.05) is 23.2 Å². The zero-order chi connectivity index (χ0) is 17.9. The summed E-state index contributed by atoms with van der Waals surface area (Å²) in [5, 5.41) is 2.84. The van der Waals surface area contributed by atoms with Gasteiger partial charge in [-0.15, -0.1) is 11.8 Å². The summed E-state index contributed by atoms with van der Waals surface area (Å²) >= 11 is 1.59. The van der Waals surface area contributed by atoms with Gasteiger partial charge in [0.25, 0.3) is 5.91 Å². The second-order valence-corrected chi connectivity index (χ2v) is 8.31. The Balaban J connectivity index is 2.30. The van der Waals surface area contributed by atoms with Crippen molar-refractivity contribution in [1.82, 2.24) is 0 Å². The lowest BCUT2D eigenvalue weighted by atomic mass is 10.1. The maximum absolute atomic E-state index is 12.5. The van der Waals surface area contributed by atoms with Gasteiger partial charge in [-0.3, -0.25) is 9.10 Å². The number of rotatable bonds is 5. The molecule has 2 aromatic carbocycles. The molecule has 0 heterocycles. The zero-order valence-electron chi connectivity index (χ0n) is 14.0. The summed E-state index contributed by atoms with van der Waals surface area (Å²) in [6.07, 6.45) is 3.10. The van der Waals surface area contributed by atoms with Crippen molar-refractivity contribution < 1.29 is 13.2 Å². The SMILES string of the molecule is CSc1cccc(NC(=O)c2ccc(C)c(N(C)S(C)(=O)=O)c2)c1. The summed E-state index contributed by atoms with van der Waals surface area (Å²) in [6, 6.07) is 12.6. The lowest BCUT2D eigenvalue weighted by Gasteiger charge is -2.19. The zero-order valence-corrected chi connectivity index (χ0v) is 15.7. The Hall–Kier alpha value is -1.99. The van der Waals surface area contributed by atoms with Crippen molar-refractivity contribution >= 4 is 39.1 Å². The first-order chi connectivity index (χ1) is 11.2. The normalized spacial score (nSPS) is 11.2. The van der Waals surface area contributed by atoms with Gasteiger partial charge in [-0.05, 0) is 49.1 Å². The minimum atomic E-state index is -3.39. The summed E-state index contributed by atoms with van der Waals surface area (Å²) in [5.41, 5.74) is 2.37. The van der Waals surface area contributed by atoms with Crippen LogP contribution in [-0.4, -0.2) is 33.9 Å². The molecule has 0 radical (unpaired) electrons. The minimum absolute atomic E-state index is 0.281. The molecule has 0 saturated heterocycles. The molecule has 1 N–H and O–H groups in total. The van der Waals surface area contributed by atoms with Crippen LogP contribution in [0.2, 0.25) is 0 Å². The average molecular weight is 364 g/mol. The van der Waals surface area contributed by atoms with E-state index in [0.717, 1.165) is 16.7 Å². The fraction of sp³-hybridized carbons (Fsp3) is 0.235. The third kappa shape index (κ3) is 4.30. The number of hydrogen-bond donors (Lipinski definition) is 1. The van der Waals surface area contributed by atoms with E-state index in [2.05, 4.69) is 5.32 Å². The highest BCUT2D eigenvalue weighted by molar-refractivity contribution is 7.98. The third-order valence-electron chi connectivity index (χ3n) is 3.64. The first-order valence-electron chi connectivity index (χ1n) is 7.22. The van der Waals surface area contributed by atoms with Crippen LogP contribution in [0.1, 0.15) is 15.9 Å². The van der Waals surface area contributed by atoms with E-state index in [-0.39, 0.29) is 5.91 Å². The van der Waals surface area contributed by atoms with E-state index in [1.165, 1.54) is 11.4 Å². The van der Waals surface area contributed by atoms with Crippen molar-refractivity contribution in [3.05, 3.63) is 53.6 Å². The highest BCUT2D eigenvalue weighted by Gasteiger charge is 2.16. The van der Waals surface area contributed by atoms with Crippen molar-refractivity contribution in [2.45, 2.75) is 11.8 Å². The average Bonchev–Trinajstić information content (AvgIpc) is 2.53. The van der Waals surface area contributed by atoms with Gasteiger partial charge in [-0.25, -0.2) is 8.42 Å². The number of hydrogen-bond acceptors (Lipinski definition) is 4. The van der Waals surface area contributed by atoms with Crippen LogP contribution in [0, 0.1) is 6.92 Å². The summed E-state index contributed by atoms with van der Waals surface area (Å²) in [6.45, 7) is 1.81. The van der Waals surface area contributed by atoms with E-state index in [1.807, 2.05) is 30.5 Å². The molecule has 7 heteroatoms. The predicted molar refractivity (Wildman–Crippen MR) is 101 cm³/mol. The number of anilines is 2. The topological polar surface area (TPSA) is 66.5 Å². The second kappa shape index (κ2) is 7.27. The molecule has 0 spiro atoms. The Morgan fingerprint density at radius 3 is 2.50 bits per heavy atom. The van der Waals surface area contributed by atoms with Crippen molar-refractivity contribution in [3.63, 3.8) is 0 Å². The van der Waals surface area contributed by atoms with Gasteiger partial charge >= 0.3 is 0 Å². The summed E-state index contributed by atoms with van der Waals surface area (Å²) < 4.78 is 24.7. The molecule has 0 unspecified atom stereocenters. The van der Waals surface area contributed by atoms with E-state index in [4.69, 9.17) is 0 Å². The third-order valence-corrected chi connectivity index (χ3v) is 5.55. The highest BCUT2D eigenvalue weighted by Crippen LogP contribution is 2.24. The molecule has 1 amide bonds. The first kappa shape index (κ1) is 18.4. The van der Waals surface area contributed by atoms with Gasteiger partial charge in [-0.2, -0.15) is 0 Å². The lowest BCUT2D eigenvalue weighted by Crippen LogP contribution is -2.26. The smallest absolute Gasteiger partial charge is 0.255 e. The molecular weight excluding hydrogens is 344 g/mol. The van der Waals surface area contributed by atoms with Crippen LogP contribution < -0.4 is 9.62 Å². The molecule has 0 fully saturated rings. The van der Waals surface area contributed by atoms with Crippen LogP contribution >= 0.6 is 11.8 Å². The number of nitrogens with zero attached hydrogens (tertiary/aromatic N) is 1. The standard InChI is InChI=1S/C17H20N2O3S2/c1-12-8-9-13(10-16(12)19(2)24(4,21)22)17(20)18-14-6-5-7-15(11-14)23-3/h5-11H,1-4H3,(H,18,20). The molecule has 0 aromatic heterocycles. The molecule has 24 heavy (non-hydrogen) atoms. The van der Waals surface area contributed by atoms with Crippen LogP contribution in [-0.2, 0) is 10.0 Å². The first-order valence-corrected chi connectivity index (χ1v) is 10.3.